The van der Waals surface area contributed by atoms with Crippen LogP contribution in [0.3, 0.4) is 0 Å². The van der Waals surface area contributed by atoms with E-state index in [4.69, 9.17) is 11.6 Å². The molecule has 1 N–H and O–H groups in total. The van der Waals surface area contributed by atoms with Crippen LogP contribution < -0.4 is 0 Å². The fourth-order valence-corrected chi connectivity index (χ4v) is 1.56. The van der Waals surface area contributed by atoms with E-state index in [9.17, 15) is 18.3 Å². The normalized spacial score (nSPS) is 18.7. The maximum Gasteiger partial charge on any atom is 0.433 e. The van der Waals surface area contributed by atoms with Crippen LogP contribution in [0.5, 0.6) is 0 Å². The van der Waals surface area contributed by atoms with Crippen molar-refractivity contribution in [3.63, 3.8) is 0 Å². The lowest BCUT2D eigenvalue weighted by molar-refractivity contribution is -0.240. The molecule has 0 aliphatic heterocycles. The summed E-state index contributed by atoms with van der Waals surface area (Å²) in [5.74, 6) is 4.41. The molecule has 0 aromatic heterocycles. The van der Waals surface area contributed by atoms with Crippen LogP contribution in [0.4, 0.5) is 13.2 Å². The van der Waals surface area contributed by atoms with E-state index in [1.807, 2.05) is 5.92 Å². The van der Waals surface area contributed by atoms with E-state index in [0.717, 1.165) is 25.0 Å². The van der Waals surface area contributed by atoms with Crippen molar-refractivity contribution in [2.75, 3.05) is 0 Å². The van der Waals surface area contributed by atoms with Crippen LogP contribution in [0.1, 0.15) is 18.4 Å². The van der Waals surface area contributed by atoms with Crippen molar-refractivity contribution < 1.29 is 18.3 Å². The molecule has 0 amide bonds. The Morgan fingerprint density at radius 3 is 2.17 bits per heavy atom. The highest BCUT2D eigenvalue weighted by Crippen LogP contribution is 2.39. The molecule has 18 heavy (non-hydrogen) atoms. The second-order valence-corrected chi connectivity index (χ2v) is 4.70. The third kappa shape index (κ3) is 2.63. The van der Waals surface area contributed by atoms with Gasteiger partial charge >= 0.3 is 6.18 Å². The number of halogens is 4. The lowest BCUT2D eigenvalue weighted by Crippen LogP contribution is -2.41. The van der Waals surface area contributed by atoms with Crippen molar-refractivity contribution in [2.45, 2.75) is 24.6 Å². The molecule has 0 heterocycles. The molecule has 0 radical (unpaired) electrons. The Morgan fingerprint density at radius 2 is 1.72 bits per heavy atom. The average Bonchev–Trinajstić information content (AvgIpc) is 3.09. The van der Waals surface area contributed by atoms with Crippen LogP contribution >= 0.6 is 11.6 Å². The molecule has 5 heteroatoms. The number of hydrogen-bond donors (Lipinski definition) is 1. The molecule has 1 atom stereocenters. The van der Waals surface area contributed by atoms with E-state index in [2.05, 4.69) is 5.92 Å². The molecule has 0 bridgehead atoms. The number of rotatable bonds is 1. The molecule has 2 rings (SSSR count). The Labute approximate surface area is 108 Å². The Kier molecular flexibility index (Phi) is 3.31. The van der Waals surface area contributed by atoms with Crippen molar-refractivity contribution in [3.8, 4) is 11.8 Å². The van der Waals surface area contributed by atoms with Gasteiger partial charge in [-0.2, -0.15) is 13.2 Å². The zero-order chi connectivity index (χ0) is 13.4. The fourth-order valence-electron chi connectivity index (χ4n) is 1.43. The van der Waals surface area contributed by atoms with Gasteiger partial charge in [0.15, 0.2) is 0 Å². The first-order valence-corrected chi connectivity index (χ1v) is 5.78. The molecule has 0 saturated heterocycles. The van der Waals surface area contributed by atoms with Gasteiger partial charge in [-0.3, -0.25) is 0 Å². The Balaban J connectivity index is 2.42. The van der Waals surface area contributed by atoms with Gasteiger partial charge in [-0.05, 0) is 25.0 Å². The maximum absolute atomic E-state index is 13.0. The average molecular weight is 275 g/mol. The van der Waals surface area contributed by atoms with E-state index in [-0.39, 0.29) is 11.5 Å². The van der Waals surface area contributed by atoms with Crippen LogP contribution in [0.15, 0.2) is 24.3 Å². The highest BCUT2D eigenvalue weighted by molar-refractivity contribution is 6.30. The molecule has 1 aromatic rings. The standard InChI is InChI=1S/C13H10ClF3O/c14-11-5-3-10(4-6-11)12(18,13(15,16)17)8-7-9-1-2-9/h3-6,9,18H,1-2H2. The van der Waals surface area contributed by atoms with Gasteiger partial charge in [0.05, 0.1) is 0 Å². The number of benzene rings is 1. The van der Waals surface area contributed by atoms with E-state index in [1.165, 1.54) is 12.1 Å². The predicted molar refractivity (Wildman–Crippen MR) is 61.9 cm³/mol. The fraction of sp³-hybridized carbons (Fsp3) is 0.385. The largest absolute Gasteiger partial charge is 0.433 e. The third-order valence-electron chi connectivity index (χ3n) is 2.71. The van der Waals surface area contributed by atoms with Crippen LogP contribution in [0, 0.1) is 17.8 Å². The summed E-state index contributed by atoms with van der Waals surface area (Å²) < 4.78 is 38.9. The lowest BCUT2D eigenvalue weighted by atomic mass is 9.93. The molecule has 1 nitrogen and oxygen atoms in total. The van der Waals surface area contributed by atoms with E-state index < -0.39 is 11.8 Å². The van der Waals surface area contributed by atoms with Crippen molar-refractivity contribution in [2.24, 2.45) is 5.92 Å². The zero-order valence-electron chi connectivity index (χ0n) is 9.26. The van der Waals surface area contributed by atoms with Gasteiger partial charge in [0.25, 0.3) is 0 Å². The summed E-state index contributed by atoms with van der Waals surface area (Å²) in [6.45, 7) is 0. The first-order valence-electron chi connectivity index (χ1n) is 5.41. The highest BCUT2D eigenvalue weighted by Gasteiger charge is 2.54. The molecule has 96 valence electrons. The lowest BCUT2D eigenvalue weighted by Gasteiger charge is -2.25. The third-order valence-corrected chi connectivity index (χ3v) is 2.96. The molecule has 1 aromatic carbocycles. The number of hydrogen-bond acceptors (Lipinski definition) is 1. The van der Waals surface area contributed by atoms with Gasteiger partial charge in [0, 0.05) is 16.5 Å². The summed E-state index contributed by atoms with van der Waals surface area (Å²) in [4.78, 5) is 0. The molecular weight excluding hydrogens is 265 g/mol. The quantitative estimate of drug-likeness (QED) is 0.777. The van der Waals surface area contributed by atoms with Gasteiger partial charge in [0.2, 0.25) is 5.60 Å². The van der Waals surface area contributed by atoms with Gasteiger partial charge in [-0.25, -0.2) is 0 Å². The van der Waals surface area contributed by atoms with E-state index in [1.54, 1.807) is 0 Å². The minimum Gasteiger partial charge on any atom is -0.366 e. The molecule has 1 saturated carbocycles. The predicted octanol–water partition coefficient (Wildman–Crippen LogP) is 3.50. The molecule has 1 fully saturated rings. The highest BCUT2D eigenvalue weighted by atomic mass is 35.5. The first-order chi connectivity index (χ1) is 8.33. The smallest absolute Gasteiger partial charge is 0.366 e. The first kappa shape index (κ1) is 13.3. The second-order valence-electron chi connectivity index (χ2n) is 4.26. The van der Waals surface area contributed by atoms with Crippen LogP contribution in [-0.2, 0) is 5.60 Å². The Bertz CT molecular complexity index is 494. The van der Waals surface area contributed by atoms with E-state index >= 15 is 0 Å². The van der Waals surface area contributed by atoms with Crippen molar-refractivity contribution in [1.29, 1.82) is 0 Å². The Morgan fingerprint density at radius 1 is 1.17 bits per heavy atom. The van der Waals surface area contributed by atoms with Crippen LogP contribution in [-0.4, -0.2) is 11.3 Å². The van der Waals surface area contributed by atoms with Crippen molar-refractivity contribution >= 4 is 11.6 Å². The second kappa shape index (κ2) is 4.49. The monoisotopic (exact) mass is 274 g/mol. The van der Waals surface area contributed by atoms with E-state index in [0.29, 0.717) is 5.02 Å². The summed E-state index contributed by atoms with van der Waals surface area (Å²) >= 11 is 5.61. The summed E-state index contributed by atoms with van der Waals surface area (Å²) in [7, 11) is 0. The molecule has 0 spiro atoms. The summed E-state index contributed by atoms with van der Waals surface area (Å²) in [5.41, 5.74) is -3.44. The van der Waals surface area contributed by atoms with Crippen LogP contribution in [0.25, 0.3) is 0 Å². The minimum atomic E-state index is -4.84. The Hall–Kier alpha value is -1.18. The van der Waals surface area contributed by atoms with Crippen molar-refractivity contribution in [1.82, 2.24) is 0 Å². The summed E-state index contributed by atoms with van der Waals surface area (Å²) in [5, 5.41) is 10.1. The maximum atomic E-state index is 13.0. The number of alkyl halides is 3. The number of aliphatic hydroxyl groups is 1. The summed E-state index contributed by atoms with van der Waals surface area (Å²) in [6, 6.07) is 4.87. The minimum absolute atomic E-state index is 0.0221. The van der Waals surface area contributed by atoms with Gasteiger partial charge in [0.1, 0.15) is 0 Å². The van der Waals surface area contributed by atoms with Gasteiger partial charge in [-0.15, -0.1) is 0 Å². The zero-order valence-corrected chi connectivity index (χ0v) is 10.0. The molecule has 1 aliphatic rings. The summed E-state index contributed by atoms with van der Waals surface area (Å²) in [6.07, 6.45) is -3.26. The van der Waals surface area contributed by atoms with Crippen molar-refractivity contribution in [3.05, 3.63) is 34.9 Å². The van der Waals surface area contributed by atoms with Gasteiger partial charge in [-0.1, -0.05) is 35.6 Å². The van der Waals surface area contributed by atoms with Gasteiger partial charge < -0.3 is 5.11 Å². The topological polar surface area (TPSA) is 20.2 Å². The molecular formula is C13H10ClF3O. The molecule has 1 unspecified atom stereocenters. The molecule has 1 aliphatic carbocycles. The SMILES string of the molecule is OC(C#CC1CC1)(c1ccc(Cl)cc1)C(F)(F)F. The van der Waals surface area contributed by atoms with Crippen LogP contribution in [0.2, 0.25) is 5.02 Å².